The number of aldehydes is 1. The first kappa shape index (κ1) is 13.3. The highest BCUT2D eigenvalue weighted by atomic mass is 32.2. The van der Waals surface area contributed by atoms with E-state index in [1.807, 2.05) is 6.07 Å². The fourth-order valence-corrected chi connectivity index (χ4v) is 2.09. The summed E-state index contributed by atoms with van der Waals surface area (Å²) in [5, 5.41) is 8.92. The number of carbonyl (C=O) groups excluding carboxylic acids is 2. The lowest BCUT2D eigenvalue weighted by atomic mass is 10.1. The van der Waals surface area contributed by atoms with Crippen molar-refractivity contribution in [3.8, 4) is 6.07 Å². The summed E-state index contributed by atoms with van der Waals surface area (Å²) in [5.41, 5.74) is 0.920. The molecule has 0 spiro atoms. The molecule has 0 amide bonds. The minimum atomic E-state index is -0.277. The molecule has 0 bridgehead atoms. The molecule has 0 aliphatic heterocycles. The zero-order valence-corrected chi connectivity index (χ0v) is 10.1. The summed E-state index contributed by atoms with van der Waals surface area (Å²) in [6.07, 6.45) is 0.991. The van der Waals surface area contributed by atoms with Gasteiger partial charge in [0.25, 0.3) is 0 Å². The highest BCUT2D eigenvalue weighted by Crippen LogP contribution is 2.23. The Morgan fingerprint density at radius 3 is 2.94 bits per heavy atom. The van der Waals surface area contributed by atoms with E-state index in [1.54, 1.807) is 12.1 Å². The summed E-state index contributed by atoms with van der Waals surface area (Å²) in [6, 6.07) is 6.92. The number of thioether (sulfide) groups is 1. The first-order valence-corrected chi connectivity index (χ1v) is 5.88. The van der Waals surface area contributed by atoms with Gasteiger partial charge >= 0.3 is 5.97 Å². The molecular weight excluding hydrogens is 238 g/mol. The van der Waals surface area contributed by atoms with Gasteiger partial charge in [0.15, 0.2) is 0 Å². The van der Waals surface area contributed by atoms with Gasteiger partial charge < -0.3 is 4.74 Å². The molecule has 0 aliphatic rings. The normalized spacial score (nSPS) is 9.41. The molecule has 0 saturated carbocycles. The number of hydrogen-bond acceptors (Lipinski definition) is 5. The van der Waals surface area contributed by atoms with E-state index in [-0.39, 0.29) is 5.97 Å². The third-order valence-electron chi connectivity index (χ3n) is 2.05. The molecule has 0 aliphatic carbocycles. The average Bonchev–Trinajstić information content (AvgIpc) is 2.38. The smallest absolute Gasteiger partial charge is 0.306 e. The van der Waals surface area contributed by atoms with Crippen LogP contribution in [0.5, 0.6) is 0 Å². The second-order valence-electron chi connectivity index (χ2n) is 3.16. The molecule has 4 nitrogen and oxygen atoms in total. The zero-order valence-electron chi connectivity index (χ0n) is 9.30. The Bertz CT molecular complexity index is 465. The van der Waals surface area contributed by atoms with E-state index in [0.717, 1.165) is 4.90 Å². The Balaban J connectivity index is 2.68. The van der Waals surface area contributed by atoms with Crippen molar-refractivity contribution in [3.63, 3.8) is 0 Å². The van der Waals surface area contributed by atoms with E-state index in [4.69, 9.17) is 5.26 Å². The van der Waals surface area contributed by atoms with Crippen LogP contribution in [0.2, 0.25) is 0 Å². The van der Waals surface area contributed by atoms with E-state index in [1.165, 1.54) is 24.9 Å². The quantitative estimate of drug-likeness (QED) is 0.453. The molecule has 5 heteroatoms. The molecule has 0 fully saturated rings. The summed E-state index contributed by atoms with van der Waals surface area (Å²) in [6.45, 7) is 0. The standard InChI is InChI=1S/C12H11NO3S/c1-16-12(15)4-5-17-11-3-2-9(8-14)6-10(11)7-13/h2-3,6,8H,4-5H2,1H3. The van der Waals surface area contributed by atoms with Crippen LogP contribution in [0.15, 0.2) is 23.1 Å². The van der Waals surface area contributed by atoms with Gasteiger partial charge in [-0.1, -0.05) is 6.07 Å². The van der Waals surface area contributed by atoms with Crippen molar-refractivity contribution in [1.82, 2.24) is 0 Å². The molecule has 17 heavy (non-hydrogen) atoms. The largest absolute Gasteiger partial charge is 0.469 e. The monoisotopic (exact) mass is 249 g/mol. The maximum Gasteiger partial charge on any atom is 0.306 e. The molecular formula is C12H11NO3S. The minimum Gasteiger partial charge on any atom is -0.469 e. The number of nitriles is 1. The molecule has 0 atom stereocenters. The molecule has 0 aromatic heterocycles. The fourth-order valence-electron chi connectivity index (χ4n) is 1.18. The van der Waals surface area contributed by atoms with Crippen molar-refractivity contribution in [3.05, 3.63) is 29.3 Å². The van der Waals surface area contributed by atoms with Crippen molar-refractivity contribution in [2.45, 2.75) is 11.3 Å². The van der Waals surface area contributed by atoms with Crippen LogP contribution in [0.25, 0.3) is 0 Å². The van der Waals surface area contributed by atoms with E-state index in [0.29, 0.717) is 29.6 Å². The Labute approximate surface area is 104 Å². The van der Waals surface area contributed by atoms with Gasteiger partial charge in [-0.15, -0.1) is 11.8 Å². The van der Waals surface area contributed by atoms with Crippen LogP contribution in [-0.4, -0.2) is 25.1 Å². The number of carbonyl (C=O) groups is 2. The zero-order chi connectivity index (χ0) is 12.7. The van der Waals surface area contributed by atoms with Crippen LogP contribution >= 0.6 is 11.8 Å². The van der Waals surface area contributed by atoms with Gasteiger partial charge in [0.1, 0.15) is 12.4 Å². The van der Waals surface area contributed by atoms with Crippen LogP contribution in [0.1, 0.15) is 22.3 Å². The summed E-state index contributed by atoms with van der Waals surface area (Å²) in [4.78, 5) is 22.2. The number of hydrogen-bond donors (Lipinski definition) is 0. The van der Waals surface area contributed by atoms with Crippen molar-refractivity contribution < 1.29 is 14.3 Å². The number of rotatable bonds is 5. The topological polar surface area (TPSA) is 67.2 Å². The number of esters is 1. The number of ether oxygens (including phenoxy) is 1. The fraction of sp³-hybridized carbons (Fsp3) is 0.250. The van der Waals surface area contributed by atoms with Gasteiger partial charge in [-0.25, -0.2) is 0 Å². The van der Waals surface area contributed by atoms with Gasteiger partial charge in [0.2, 0.25) is 0 Å². The van der Waals surface area contributed by atoms with Gasteiger partial charge in [-0.2, -0.15) is 5.26 Å². The lowest BCUT2D eigenvalue weighted by Gasteiger charge is -2.03. The van der Waals surface area contributed by atoms with Crippen molar-refractivity contribution >= 4 is 24.0 Å². The second-order valence-corrected chi connectivity index (χ2v) is 4.30. The average molecular weight is 249 g/mol. The predicted molar refractivity (Wildman–Crippen MR) is 63.9 cm³/mol. The lowest BCUT2D eigenvalue weighted by molar-refractivity contribution is -0.140. The van der Waals surface area contributed by atoms with E-state index >= 15 is 0 Å². The van der Waals surface area contributed by atoms with Crippen molar-refractivity contribution in [1.29, 1.82) is 5.26 Å². The van der Waals surface area contributed by atoms with E-state index in [2.05, 4.69) is 4.74 Å². The summed E-state index contributed by atoms with van der Waals surface area (Å²) in [7, 11) is 1.34. The first-order chi connectivity index (χ1) is 8.21. The molecule has 1 aromatic carbocycles. The maximum atomic E-state index is 10.9. The molecule has 0 N–H and O–H groups in total. The second kappa shape index (κ2) is 6.71. The third kappa shape index (κ3) is 3.93. The van der Waals surface area contributed by atoms with Crippen LogP contribution in [0.3, 0.4) is 0 Å². The highest BCUT2D eigenvalue weighted by Gasteiger charge is 2.06. The number of benzene rings is 1. The number of nitrogens with zero attached hydrogens (tertiary/aromatic N) is 1. The van der Waals surface area contributed by atoms with Gasteiger partial charge in [-0.05, 0) is 12.1 Å². The Morgan fingerprint density at radius 1 is 1.59 bits per heavy atom. The number of methoxy groups -OCH3 is 1. The van der Waals surface area contributed by atoms with Crippen LogP contribution in [0, 0.1) is 11.3 Å². The van der Waals surface area contributed by atoms with Gasteiger partial charge in [0.05, 0.1) is 19.1 Å². The third-order valence-corrected chi connectivity index (χ3v) is 3.13. The molecule has 1 aromatic rings. The molecule has 0 saturated heterocycles. The summed E-state index contributed by atoms with van der Waals surface area (Å²) in [5.74, 6) is 0.266. The Hall–Kier alpha value is -1.80. The van der Waals surface area contributed by atoms with Crippen LogP contribution in [0.4, 0.5) is 0 Å². The van der Waals surface area contributed by atoms with E-state index in [9.17, 15) is 9.59 Å². The van der Waals surface area contributed by atoms with Crippen LogP contribution in [-0.2, 0) is 9.53 Å². The SMILES string of the molecule is COC(=O)CCSc1ccc(C=O)cc1C#N. The van der Waals surface area contributed by atoms with Crippen molar-refractivity contribution in [2.75, 3.05) is 12.9 Å². The minimum absolute atomic E-state index is 0.277. The van der Waals surface area contributed by atoms with E-state index < -0.39 is 0 Å². The Kier molecular flexibility index (Phi) is 5.24. The Morgan fingerprint density at radius 2 is 2.35 bits per heavy atom. The molecule has 1 rings (SSSR count). The maximum absolute atomic E-state index is 10.9. The summed E-state index contributed by atoms with van der Waals surface area (Å²) >= 11 is 1.40. The highest BCUT2D eigenvalue weighted by molar-refractivity contribution is 7.99. The molecule has 0 radical (unpaired) electrons. The first-order valence-electron chi connectivity index (χ1n) is 4.90. The molecule has 88 valence electrons. The van der Waals surface area contributed by atoms with Crippen LogP contribution < -0.4 is 0 Å². The molecule has 0 heterocycles. The van der Waals surface area contributed by atoms with Gasteiger partial charge in [-0.3, -0.25) is 9.59 Å². The predicted octanol–water partition coefficient (Wildman–Crippen LogP) is 2.03. The van der Waals surface area contributed by atoms with Gasteiger partial charge in [0, 0.05) is 16.2 Å². The lowest BCUT2D eigenvalue weighted by Crippen LogP contribution is -2.01. The van der Waals surface area contributed by atoms with Crippen molar-refractivity contribution in [2.24, 2.45) is 0 Å². The summed E-state index contributed by atoms with van der Waals surface area (Å²) < 4.78 is 4.52. The molecule has 0 unspecified atom stereocenters.